The van der Waals surface area contributed by atoms with Crippen molar-refractivity contribution in [1.29, 1.82) is 0 Å². The Morgan fingerprint density at radius 3 is 2.52 bits per heavy atom. The molecule has 0 aliphatic carbocycles. The molecule has 2 heterocycles. The molecule has 0 saturated carbocycles. The van der Waals surface area contributed by atoms with E-state index in [-0.39, 0.29) is 11.2 Å². The van der Waals surface area contributed by atoms with Crippen LogP contribution in [0.1, 0.15) is 30.5 Å². The van der Waals surface area contributed by atoms with Crippen molar-refractivity contribution in [2.75, 3.05) is 7.11 Å². The highest BCUT2D eigenvalue weighted by molar-refractivity contribution is 5.85. The highest BCUT2D eigenvalue weighted by Gasteiger charge is 2.30. The van der Waals surface area contributed by atoms with Crippen LogP contribution < -0.4 is 15.0 Å². The molecule has 4 rings (SSSR count). The molecule has 3 aromatic rings. The Labute approximate surface area is 179 Å². The van der Waals surface area contributed by atoms with Gasteiger partial charge in [-0.15, -0.1) is 0 Å². The Hall–Kier alpha value is -3.87. The zero-order chi connectivity index (χ0) is 22.2. The highest BCUT2D eigenvalue weighted by Crippen LogP contribution is 2.40. The van der Waals surface area contributed by atoms with E-state index in [0.717, 1.165) is 11.3 Å². The van der Waals surface area contributed by atoms with Crippen molar-refractivity contribution in [1.82, 2.24) is 4.57 Å². The summed E-state index contributed by atoms with van der Waals surface area (Å²) in [5.74, 6) is 1.26. The minimum Gasteiger partial charge on any atom is -0.497 e. The highest BCUT2D eigenvalue weighted by atomic mass is 16.6. The van der Waals surface area contributed by atoms with Crippen LogP contribution in [0.2, 0.25) is 0 Å². The van der Waals surface area contributed by atoms with E-state index in [0.29, 0.717) is 29.0 Å². The van der Waals surface area contributed by atoms with Gasteiger partial charge in [-0.25, -0.2) is 0 Å². The smallest absolute Gasteiger partial charge is 0.270 e. The van der Waals surface area contributed by atoms with E-state index in [9.17, 15) is 14.9 Å². The van der Waals surface area contributed by atoms with Crippen molar-refractivity contribution in [3.8, 4) is 11.5 Å². The van der Waals surface area contributed by atoms with Gasteiger partial charge >= 0.3 is 0 Å². The number of fused-ring (bicyclic) bond motifs is 1. The van der Waals surface area contributed by atoms with Crippen LogP contribution in [0.5, 0.6) is 11.5 Å². The standard InChI is InChI=1S/C24H22N2O5/c1-24(2)14-21(20-13-17(26(28)29)8-11-22(20)31-24)19-5-4-12-25(23(19)27)15-16-6-9-18(30-3)10-7-16/h4-14H,15H2,1-3H3. The Morgan fingerprint density at radius 2 is 1.84 bits per heavy atom. The maximum Gasteiger partial charge on any atom is 0.270 e. The maximum atomic E-state index is 13.4. The van der Waals surface area contributed by atoms with Crippen LogP contribution in [-0.4, -0.2) is 22.2 Å². The normalized spacial score (nSPS) is 14.2. The minimum absolute atomic E-state index is 0.0533. The second-order valence-electron chi connectivity index (χ2n) is 7.90. The molecule has 0 fully saturated rings. The lowest BCUT2D eigenvalue weighted by Crippen LogP contribution is -2.31. The fourth-order valence-electron chi connectivity index (χ4n) is 3.69. The summed E-state index contributed by atoms with van der Waals surface area (Å²) in [5, 5.41) is 11.3. The molecule has 158 valence electrons. The van der Waals surface area contributed by atoms with Crippen LogP contribution >= 0.6 is 0 Å². The quantitative estimate of drug-likeness (QED) is 0.453. The van der Waals surface area contributed by atoms with Gasteiger partial charge in [0.25, 0.3) is 11.2 Å². The number of rotatable bonds is 5. The summed E-state index contributed by atoms with van der Waals surface area (Å²) in [5.41, 5.74) is 1.69. The van der Waals surface area contributed by atoms with Crippen molar-refractivity contribution in [3.05, 3.63) is 104 Å². The number of hydrogen-bond acceptors (Lipinski definition) is 5. The van der Waals surface area contributed by atoms with Gasteiger partial charge in [0.05, 0.1) is 18.6 Å². The fraction of sp³-hybridized carbons (Fsp3) is 0.208. The van der Waals surface area contributed by atoms with Gasteiger partial charge in [-0.2, -0.15) is 0 Å². The molecule has 7 nitrogen and oxygen atoms in total. The van der Waals surface area contributed by atoms with Gasteiger partial charge in [0.1, 0.15) is 17.1 Å². The second-order valence-corrected chi connectivity index (χ2v) is 7.90. The van der Waals surface area contributed by atoms with E-state index in [1.165, 1.54) is 12.1 Å². The number of benzene rings is 2. The summed E-state index contributed by atoms with van der Waals surface area (Å²) < 4.78 is 12.8. The zero-order valence-corrected chi connectivity index (χ0v) is 17.5. The maximum absolute atomic E-state index is 13.4. The van der Waals surface area contributed by atoms with Crippen molar-refractivity contribution in [2.24, 2.45) is 0 Å². The topological polar surface area (TPSA) is 83.6 Å². The lowest BCUT2D eigenvalue weighted by Gasteiger charge is -2.31. The average Bonchev–Trinajstić information content (AvgIpc) is 2.74. The van der Waals surface area contributed by atoms with Crippen LogP contribution in [0.25, 0.3) is 5.57 Å². The molecule has 0 saturated heterocycles. The molecule has 0 N–H and O–H groups in total. The monoisotopic (exact) mass is 418 g/mol. The fourth-order valence-corrected chi connectivity index (χ4v) is 3.69. The number of aromatic nitrogens is 1. The average molecular weight is 418 g/mol. The summed E-state index contributed by atoms with van der Waals surface area (Å²) >= 11 is 0. The number of nitro benzene ring substituents is 1. The SMILES string of the molecule is COc1ccc(Cn2cccc(C3=CC(C)(C)Oc4ccc([N+](=O)[O-])cc43)c2=O)cc1. The van der Waals surface area contributed by atoms with Gasteiger partial charge in [0.15, 0.2) is 0 Å². The van der Waals surface area contributed by atoms with Crippen molar-refractivity contribution in [2.45, 2.75) is 26.0 Å². The van der Waals surface area contributed by atoms with Crippen LogP contribution in [0.3, 0.4) is 0 Å². The molecule has 1 aliphatic rings. The van der Waals surface area contributed by atoms with E-state index in [4.69, 9.17) is 9.47 Å². The minimum atomic E-state index is -0.665. The molecule has 0 spiro atoms. The summed E-state index contributed by atoms with van der Waals surface area (Å²) in [7, 11) is 1.61. The van der Waals surface area contributed by atoms with Crippen LogP contribution in [0, 0.1) is 10.1 Å². The van der Waals surface area contributed by atoms with Crippen molar-refractivity contribution >= 4 is 11.3 Å². The number of hydrogen-bond donors (Lipinski definition) is 0. The number of nitrogens with zero attached hydrogens (tertiary/aromatic N) is 2. The van der Waals surface area contributed by atoms with Gasteiger partial charge < -0.3 is 14.0 Å². The van der Waals surface area contributed by atoms with Crippen molar-refractivity contribution < 1.29 is 14.4 Å². The summed E-state index contributed by atoms with van der Waals surface area (Å²) in [6.07, 6.45) is 3.57. The molecule has 7 heteroatoms. The number of nitro groups is 1. The Bertz CT molecular complexity index is 1240. The molecule has 1 aromatic heterocycles. The Kier molecular flexibility index (Phi) is 5.10. The van der Waals surface area contributed by atoms with E-state index in [2.05, 4.69) is 0 Å². The molecule has 1 aliphatic heterocycles. The summed E-state index contributed by atoms with van der Waals surface area (Å²) in [4.78, 5) is 24.2. The van der Waals surface area contributed by atoms with Gasteiger partial charge in [-0.3, -0.25) is 14.9 Å². The third-order valence-electron chi connectivity index (χ3n) is 5.15. The predicted octanol–water partition coefficient (Wildman–Crippen LogP) is 4.42. The van der Waals surface area contributed by atoms with Crippen LogP contribution in [0.4, 0.5) is 5.69 Å². The third kappa shape index (κ3) is 4.07. The number of methoxy groups -OCH3 is 1. The first-order chi connectivity index (χ1) is 14.8. The summed E-state index contributed by atoms with van der Waals surface area (Å²) in [6, 6.07) is 15.5. The lowest BCUT2D eigenvalue weighted by molar-refractivity contribution is -0.384. The van der Waals surface area contributed by atoms with Gasteiger partial charge in [-0.1, -0.05) is 12.1 Å². The second kappa shape index (κ2) is 7.75. The lowest BCUT2D eigenvalue weighted by atomic mass is 9.90. The molecular formula is C24H22N2O5. The van der Waals surface area contributed by atoms with Crippen molar-refractivity contribution in [3.63, 3.8) is 0 Å². The number of non-ortho nitro benzene ring substituents is 1. The van der Waals surface area contributed by atoms with E-state index >= 15 is 0 Å². The largest absolute Gasteiger partial charge is 0.497 e. The van der Waals surface area contributed by atoms with E-state index in [1.807, 2.05) is 44.2 Å². The molecule has 0 atom stereocenters. The molecule has 2 aromatic carbocycles. The molecule has 0 radical (unpaired) electrons. The Morgan fingerprint density at radius 1 is 1.10 bits per heavy atom. The van der Waals surface area contributed by atoms with Gasteiger partial charge in [-0.05, 0) is 61.4 Å². The first-order valence-corrected chi connectivity index (χ1v) is 9.81. The summed E-state index contributed by atoms with van der Waals surface area (Å²) in [6.45, 7) is 4.16. The predicted molar refractivity (Wildman–Crippen MR) is 118 cm³/mol. The van der Waals surface area contributed by atoms with E-state index < -0.39 is 10.5 Å². The molecule has 0 bridgehead atoms. The first kappa shape index (κ1) is 20.4. The molecule has 0 unspecified atom stereocenters. The Balaban J connectivity index is 1.79. The van der Waals surface area contributed by atoms with Crippen LogP contribution in [0.15, 0.2) is 71.7 Å². The molecule has 0 amide bonds. The zero-order valence-electron chi connectivity index (χ0n) is 17.5. The van der Waals surface area contributed by atoms with Gasteiger partial charge in [0, 0.05) is 29.5 Å². The van der Waals surface area contributed by atoms with Gasteiger partial charge in [0.2, 0.25) is 0 Å². The number of ether oxygens (including phenoxy) is 2. The van der Waals surface area contributed by atoms with E-state index in [1.54, 1.807) is 36.1 Å². The third-order valence-corrected chi connectivity index (χ3v) is 5.15. The number of pyridine rings is 1. The van der Waals surface area contributed by atoms with Crippen LogP contribution in [-0.2, 0) is 6.54 Å². The molecule has 31 heavy (non-hydrogen) atoms. The molecular weight excluding hydrogens is 396 g/mol. The first-order valence-electron chi connectivity index (χ1n) is 9.81.